The van der Waals surface area contributed by atoms with Gasteiger partial charge in [0.1, 0.15) is 0 Å². The molecule has 0 aromatic heterocycles. The van der Waals surface area contributed by atoms with Crippen molar-refractivity contribution in [2.75, 3.05) is 18.8 Å². The zero-order valence-corrected chi connectivity index (χ0v) is 13.6. The molecule has 1 aliphatic heterocycles. The van der Waals surface area contributed by atoms with Crippen molar-refractivity contribution in [3.05, 3.63) is 0 Å². The Bertz CT molecular complexity index is 377. The first kappa shape index (κ1) is 16.2. The molecule has 118 valence electrons. The molecule has 1 saturated heterocycles. The molecule has 0 spiro atoms. The molecular formula is C15H30N2O2S. The van der Waals surface area contributed by atoms with E-state index in [1.54, 1.807) is 0 Å². The lowest BCUT2D eigenvalue weighted by Gasteiger charge is -2.32. The lowest BCUT2D eigenvalue weighted by atomic mass is 9.89. The normalized spacial score (nSPS) is 29.4. The average Bonchev–Trinajstić information content (AvgIpc) is 2.46. The summed E-state index contributed by atoms with van der Waals surface area (Å²) in [5.74, 6) is 1.32. The van der Waals surface area contributed by atoms with Crippen LogP contribution in [0, 0.1) is 11.8 Å². The van der Waals surface area contributed by atoms with Gasteiger partial charge in [0.25, 0.3) is 0 Å². The summed E-state index contributed by atoms with van der Waals surface area (Å²) in [6.45, 7) is 3.78. The number of hydrogen-bond acceptors (Lipinski definition) is 3. The minimum Gasteiger partial charge on any atom is -0.312 e. The van der Waals surface area contributed by atoms with E-state index >= 15 is 0 Å². The smallest absolute Gasteiger partial charge is 0.211 e. The number of rotatable bonds is 6. The first-order valence-corrected chi connectivity index (χ1v) is 9.96. The molecule has 2 fully saturated rings. The molecule has 2 N–H and O–H groups in total. The quantitative estimate of drug-likeness (QED) is 0.791. The van der Waals surface area contributed by atoms with Crippen LogP contribution >= 0.6 is 0 Å². The highest BCUT2D eigenvalue weighted by molar-refractivity contribution is 7.89. The second-order valence-electron chi connectivity index (χ2n) is 6.51. The molecule has 2 unspecified atom stereocenters. The van der Waals surface area contributed by atoms with E-state index in [1.807, 2.05) is 0 Å². The van der Waals surface area contributed by atoms with Gasteiger partial charge in [-0.1, -0.05) is 32.6 Å². The standard InChI is InChI=1S/C15H30N2O2S/c1-2-14-9-6-10-16-15(14)11-17-20(18,19)12-13-7-4-3-5-8-13/h13-17H,2-12H2,1H3. The van der Waals surface area contributed by atoms with E-state index in [0.717, 1.165) is 25.8 Å². The second-order valence-corrected chi connectivity index (χ2v) is 8.36. The predicted molar refractivity (Wildman–Crippen MR) is 83.2 cm³/mol. The third kappa shape index (κ3) is 5.01. The predicted octanol–water partition coefficient (Wildman–Crippen LogP) is 2.26. The summed E-state index contributed by atoms with van der Waals surface area (Å²) in [6.07, 6.45) is 9.39. The van der Waals surface area contributed by atoms with Gasteiger partial charge >= 0.3 is 0 Å². The van der Waals surface area contributed by atoms with Gasteiger partial charge in [-0.25, -0.2) is 13.1 Å². The summed E-state index contributed by atoms with van der Waals surface area (Å²) in [5, 5.41) is 3.47. The van der Waals surface area contributed by atoms with Crippen LogP contribution < -0.4 is 10.0 Å². The van der Waals surface area contributed by atoms with E-state index in [2.05, 4.69) is 17.0 Å². The molecule has 0 aromatic carbocycles. The van der Waals surface area contributed by atoms with E-state index in [-0.39, 0.29) is 0 Å². The maximum absolute atomic E-state index is 12.2. The first-order chi connectivity index (χ1) is 9.61. The van der Waals surface area contributed by atoms with Crippen molar-refractivity contribution in [2.24, 2.45) is 11.8 Å². The summed E-state index contributed by atoms with van der Waals surface area (Å²) in [4.78, 5) is 0. The average molecular weight is 302 g/mol. The molecule has 20 heavy (non-hydrogen) atoms. The fraction of sp³-hybridized carbons (Fsp3) is 1.00. The largest absolute Gasteiger partial charge is 0.312 e. The van der Waals surface area contributed by atoms with Gasteiger partial charge in [0.05, 0.1) is 5.75 Å². The molecular weight excluding hydrogens is 272 g/mol. The van der Waals surface area contributed by atoms with Gasteiger partial charge in [0.15, 0.2) is 0 Å². The Morgan fingerprint density at radius 2 is 1.85 bits per heavy atom. The molecule has 0 amide bonds. The van der Waals surface area contributed by atoms with Crippen molar-refractivity contribution in [1.82, 2.24) is 10.0 Å². The Kier molecular flexibility index (Phi) is 6.30. The molecule has 0 radical (unpaired) electrons. The summed E-state index contributed by atoms with van der Waals surface area (Å²) in [7, 11) is -3.10. The Labute approximate surface area is 124 Å². The van der Waals surface area contributed by atoms with Gasteiger partial charge < -0.3 is 5.32 Å². The van der Waals surface area contributed by atoms with Gasteiger partial charge in [0.2, 0.25) is 10.0 Å². The van der Waals surface area contributed by atoms with Gasteiger partial charge in [-0.05, 0) is 44.1 Å². The van der Waals surface area contributed by atoms with Crippen molar-refractivity contribution >= 4 is 10.0 Å². The number of piperidine rings is 1. The highest BCUT2D eigenvalue weighted by atomic mass is 32.2. The van der Waals surface area contributed by atoms with Crippen LogP contribution in [0.4, 0.5) is 0 Å². The monoisotopic (exact) mass is 302 g/mol. The summed E-state index contributed by atoms with van der Waals surface area (Å²) >= 11 is 0. The fourth-order valence-corrected chi connectivity index (χ4v) is 5.19. The zero-order valence-electron chi connectivity index (χ0n) is 12.7. The molecule has 1 aliphatic carbocycles. The van der Waals surface area contributed by atoms with Crippen molar-refractivity contribution < 1.29 is 8.42 Å². The second kappa shape index (κ2) is 7.76. The summed E-state index contributed by atoms with van der Waals surface area (Å²) in [5.41, 5.74) is 0. The fourth-order valence-electron chi connectivity index (χ4n) is 3.69. The molecule has 0 aromatic rings. The Morgan fingerprint density at radius 1 is 1.10 bits per heavy atom. The molecule has 4 nitrogen and oxygen atoms in total. The van der Waals surface area contributed by atoms with E-state index < -0.39 is 10.0 Å². The zero-order chi connectivity index (χ0) is 14.4. The SMILES string of the molecule is CCC1CCCNC1CNS(=O)(=O)CC1CCCCC1. The van der Waals surface area contributed by atoms with Crippen LogP contribution in [0.5, 0.6) is 0 Å². The third-order valence-electron chi connectivity index (χ3n) is 4.95. The lowest BCUT2D eigenvalue weighted by molar-refractivity contribution is 0.273. The molecule has 2 rings (SSSR count). The van der Waals surface area contributed by atoms with Crippen molar-refractivity contribution in [1.29, 1.82) is 0 Å². The van der Waals surface area contributed by atoms with Crippen LogP contribution in [0.25, 0.3) is 0 Å². The van der Waals surface area contributed by atoms with E-state index in [0.29, 0.717) is 30.2 Å². The van der Waals surface area contributed by atoms with Crippen molar-refractivity contribution in [2.45, 2.75) is 64.3 Å². The Balaban J connectivity index is 1.78. The topological polar surface area (TPSA) is 58.2 Å². The number of sulfonamides is 1. The Hall–Kier alpha value is -0.130. The third-order valence-corrected chi connectivity index (χ3v) is 6.47. The van der Waals surface area contributed by atoms with E-state index in [4.69, 9.17) is 0 Å². The van der Waals surface area contributed by atoms with Crippen molar-refractivity contribution in [3.8, 4) is 0 Å². The highest BCUT2D eigenvalue weighted by Crippen LogP contribution is 2.25. The lowest BCUT2D eigenvalue weighted by Crippen LogP contribution is -2.49. The van der Waals surface area contributed by atoms with Gasteiger partial charge in [-0.3, -0.25) is 0 Å². The molecule has 5 heteroatoms. The Morgan fingerprint density at radius 3 is 2.55 bits per heavy atom. The number of nitrogens with one attached hydrogen (secondary N) is 2. The molecule has 1 saturated carbocycles. The van der Waals surface area contributed by atoms with Gasteiger partial charge in [-0.2, -0.15) is 0 Å². The summed E-state index contributed by atoms with van der Waals surface area (Å²) in [6, 6.07) is 0.315. The summed E-state index contributed by atoms with van der Waals surface area (Å²) < 4.78 is 27.2. The van der Waals surface area contributed by atoms with Crippen LogP contribution in [0.15, 0.2) is 0 Å². The van der Waals surface area contributed by atoms with Crippen molar-refractivity contribution in [3.63, 3.8) is 0 Å². The van der Waals surface area contributed by atoms with Crippen LogP contribution in [-0.2, 0) is 10.0 Å². The van der Waals surface area contributed by atoms with Crippen LogP contribution in [-0.4, -0.2) is 33.3 Å². The number of hydrogen-bond donors (Lipinski definition) is 2. The maximum Gasteiger partial charge on any atom is 0.211 e. The van der Waals surface area contributed by atoms with Crippen LogP contribution in [0.2, 0.25) is 0 Å². The van der Waals surface area contributed by atoms with Crippen LogP contribution in [0.1, 0.15) is 58.3 Å². The molecule has 1 heterocycles. The minimum absolute atomic E-state index is 0.315. The van der Waals surface area contributed by atoms with E-state index in [1.165, 1.54) is 32.1 Å². The van der Waals surface area contributed by atoms with Gasteiger partial charge in [0, 0.05) is 12.6 Å². The first-order valence-electron chi connectivity index (χ1n) is 8.31. The molecule has 2 aliphatic rings. The minimum atomic E-state index is -3.10. The molecule has 2 atom stereocenters. The van der Waals surface area contributed by atoms with E-state index in [9.17, 15) is 8.42 Å². The molecule has 0 bridgehead atoms. The maximum atomic E-state index is 12.2. The highest BCUT2D eigenvalue weighted by Gasteiger charge is 2.26. The van der Waals surface area contributed by atoms with Crippen LogP contribution in [0.3, 0.4) is 0 Å². The van der Waals surface area contributed by atoms with Gasteiger partial charge in [-0.15, -0.1) is 0 Å².